The average molecular weight is 476 g/mol. The third-order valence-electron chi connectivity index (χ3n) is 7.00. The zero-order valence-electron chi connectivity index (χ0n) is 20.5. The van der Waals surface area contributed by atoms with E-state index in [0.717, 1.165) is 41.5 Å². The highest BCUT2D eigenvalue weighted by atomic mass is 16.2. The third-order valence-corrected chi connectivity index (χ3v) is 7.00. The number of hydrogen-bond acceptors (Lipinski definition) is 6. The number of aryl methyl sites for hydroxylation is 2. The van der Waals surface area contributed by atoms with Crippen LogP contribution in [0.3, 0.4) is 0 Å². The van der Waals surface area contributed by atoms with Gasteiger partial charge < -0.3 is 16.4 Å². The number of tetrazole rings is 1. The Morgan fingerprint density at radius 2 is 1.60 bits per heavy atom. The molecule has 35 heavy (non-hydrogen) atoms. The quantitative estimate of drug-likeness (QED) is 0.394. The Bertz CT molecular complexity index is 1140. The van der Waals surface area contributed by atoms with E-state index in [-0.39, 0.29) is 17.9 Å². The topological polar surface area (TPSA) is 139 Å². The number of nitrogens with one attached hydrogen (secondary N) is 3. The van der Waals surface area contributed by atoms with E-state index in [2.05, 4.69) is 38.2 Å². The van der Waals surface area contributed by atoms with Crippen LogP contribution in [-0.4, -0.2) is 52.6 Å². The second kappa shape index (κ2) is 10.4. The lowest BCUT2D eigenvalue weighted by molar-refractivity contribution is 0.0955. The second-order valence-electron chi connectivity index (χ2n) is 9.15. The van der Waals surface area contributed by atoms with Gasteiger partial charge >= 0.3 is 0 Å². The zero-order chi connectivity index (χ0) is 25.0. The number of benzene rings is 2. The first-order chi connectivity index (χ1) is 16.9. The first-order valence-electron chi connectivity index (χ1n) is 12.1. The summed E-state index contributed by atoms with van der Waals surface area (Å²) in [6.07, 6.45) is 4.93. The molecule has 2 amide bonds. The van der Waals surface area contributed by atoms with Crippen molar-refractivity contribution in [2.45, 2.75) is 56.9 Å². The van der Waals surface area contributed by atoms with Crippen LogP contribution in [0, 0.1) is 0 Å². The van der Waals surface area contributed by atoms with Gasteiger partial charge in [-0.1, -0.05) is 37.1 Å². The maximum atomic E-state index is 12.4. The number of aromatic nitrogens is 4. The number of fused-ring (bicyclic) bond motifs is 2. The van der Waals surface area contributed by atoms with Gasteiger partial charge in [0.2, 0.25) is 0 Å². The summed E-state index contributed by atoms with van der Waals surface area (Å²) in [6, 6.07) is 11.5. The molecule has 0 saturated heterocycles. The molecule has 0 spiro atoms. The van der Waals surface area contributed by atoms with Gasteiger partial charge in [-0.25, -0.2) is 0 Å². The van der Waals surface area contributed by atoms with E-state index in [4.69, 9.17) is 5.73 Å². The molecule has 2 aromatic carbocycles. The number of rotatable bonds is 8. The van der Waals surface area contributed by atoms with E-state index < -0.39 is 5.41 Å². The largest absolute Gasteiger partial charge is 0.355 e. The highest BCUT2D eigenvalue weighted by Crippen LogP contribution is 2.47. The standard InChI is InChI=1S/C26H33N7O2/c1-4-5-6-20(27)15-26(25-30-32-33-31-25)21-11-9-18(23(34)28-2)13-16(21)7-8-17-14-19(24(35)29-3)10-12-22(17)26/h9-14,20H,4-8,15,27H2,1-3H3,(H,28,34)(H,29,35)(H,30,31,32,33). The summed E-state index contributed by atoms with van der Waals surface area (Å²) < 4.78 is 0. The summed E-state index contributed by atoms with van der Waals surface area (Å²) in [5.41, 5.74) is 11.3. The summed E-state index contributed by atoms with van der Waals surface area (Å²) in [4.78, 5) is 24.9. The number of amides is 2. The van der Waals surface area contributed by atoms with Gasteiger partial charge in [-0.15, -0.1) is 10.2 Å². The van der Waals surface area contributed by atoms with Crippen molar-refractivity contribution in [3.63, 3.8) is 0 Å². The van der Waals surface area contributed by atoms with Gasteiger partial charge in [-0.05, 0) is 72.2 Å². The van der Waals surface area contributed by atoms with Crippen LogP contribution < -0.4 is 16.4 Å². The van der Waals surface area contributed by atoms with Crippen LogP contribution in [0.5, 0.6) is 0 Å². The van der Waals surface area contributed by atoms with E-state index in [1.54, 1.807) is 14.1 Å². The lowest BCUT2D eigenvalue weighted by atomic mass is 9.67. The molecule has 0 fully saturated rings. The Kier molecular flexibility index (Phi) is 7.25. The minimum Gasteiger partial charge on any atom is -0.355 e. The monoisotopic (exact) mass is 475 g/mol. The van der Waals surface area contributed by atoms with Gasteiger partial charge in [-0.2, -0.15) is 5.21 Å². The maximum absolute atomic E-state index is 12.4. The number of carbonyl (C=O) groups is 2. The number of unbranched alkanes of at least 4 members (excludes halogenated alkanes) is 1. The molecule has 0 saturated carbocycles. The molecular weight excluding hydrogens is 442 g/mol. The normalized spacial score (nSPS) is 14.9. The molecule has 1 atom stereocenters. The van der Waals surface area contributed by atoms with Crippen LogP contribution in [0.15, 0.2) is 36.4 Å². The Hall–Kier alpha value is -3.59. The van der Waals surface area contributed by atoms with Crippen molar-refractivity contribution in [1.82, 2.24) is 31.3 Å². The molecule has 0 aliphatic heterocycles. The summed E-state index contributed by atoms with van der Waals surface area (Å²) in [6.45, 7) is 2.15. The van der Waals surface area contributed by atoms with E-state index in [1.807, 2.05) is 36.4 Å². The minimum atomic E-state index is -0.774. The van der Waals surface area contributed by atoms with Crippen molar-refractivity contribution < 1.29 is 9.59 Å². The fourth-order valence-corrected chi connectivity index (χ4v) is 5.28. The van der Waals surface area contributed by atoms with Gasteiger partial charge in [0.1, 0.15) is 0 Å². The average Bonchev–Trinajstić information content (AvgIpc) is 3.39. The van der Waals surface area contributed by atoms with Crippen LogP contribution in [0.2, 0.25) is 0 Å². The fraction of sp³-hybridized carbons (Fsp3) is 0.423. The van der Waals surface area contributed by atoms with Gasteiger partial charge in [-0.3, -0.25) is 9.59 Å². The molecule has 184 valence electrons. The Morgan fingerprint density at radius 1 is 1.03 bits per heavy atom. The van der Waals surface area contributed by atoms with Gasteiger partial charge in [0.15, 0.2) is 5.82 Å². The molecular formula is C26H33N7O2. The molecule has 5 N–H and O–H groups in total. The van der Waals surface area contributed by atoms with Crippen molar-refractivity contribution in [3.05, 3.63) is 75.6 Å². The van der Waals surface area contributed by atoms with E-state index in [0.29, 0.717) is 36.2 Å². The SMILES string of the molecule is CCCCC(N)CC1(c2nn[nH]n2)c2ccc(C(=O)NC)cc2CCc2cc(C(=O)NC)ccc21. The molecule has 1 heterocycles. The van der Waals surface area contributed by atoms with Crippen molar-refractivity contribution in [3.8, 4) is 0 Å². The van der Waals surface area contributed by atoms with Crippen LogP contribution >= 0.6 is 0 Å². The Morgan fingerprint density at radius 3 is 2.06 bits per heavy atom. The zero-order valence-corrected chi connectivity index (χ0v) is 20.5. The fourth-order valence-electron chi connectivity index (χ4n) is 5.28. The van der Waals surface area contributed by atoms with Gasteiger partial charge in [0.05, 0.1) is 5.41 Å². The predicted octanol–water partition coefficient (Wildman–Crippen LogP) is 2.26. The number of carbonyl (C=O) groups excluding carboxylic acids is 2. The van der Waals surface area contributed by atoms with Gasteiger partial charge in [0.25, 0.3) is 11.8 Å². The maximum Gasteiger partial charge on any atom is 0.251 e. The third kappa shape index (κ3) is 4.55. The van der Waals surface area contributed by atoms with E-state index in [9.17, 15) is 9.59 Å². The molecule has 3 aromatic rings. The Balaban J connectivity index is 1.98. The first-order valence-corrected chi connectivity index (χ1v) is 12.1. The number of hydrogen-bond donors (Lipinski definition) is 4. The lowest BCUT2D eigenvalue weighted by Gasteiger charge is -2.36. The summed E-state index contributed by atoms with van der Waals surface area (Å²) in [5, 5.41) is 20.9. The molecule has 4 rings (SSSR count). The van der Waals surface area contributed by atoms with Crippen molar-refractivity contribution >= 4 is 11.8 Å². The molecule has 1 aliphatic rings. The van der Waals surface area contributed by atoms with Crippen molar-refractivity contribution in [2.75, 3.05) is 14.1 Å². The summed E-state index contributed by atoms with van der Waals surface area (Å²) >= 11 is 0. The number of nitrogens with zero attached hydrogens (tertiary/aromatic N) is 3. The van der Waals surface area contributed by atoms with Crippen LogP contribution in [0.1, 0.15) is 81.4 Å². The molecule has 1 aromatic heterocycles. The minimum absolute atomic E-state index is 0.107. The van der Waals surface area contributed by atoms with Crippen molar-refractivity contribution in [1.29, 1.82) is 0 Å². The molecule has 0 bridgehead atoms. The van der Waals surface area contributed by atoms with Gasteiger partial charge in [0, 0.05) is 31.3 Å². The van der Waals surface area contributed by atoms with Crippen LogP contribution in [0.4, 0.5) is 0 Å². The molecule has 1 aliphatic carbocycles. The smallest absolute Gasteiger partial charge is 0.251 e. The van der Waals surface area contributed by atoms with Crippen molar-refractivity contribution in [2.24, 2.45) is 5.73 Å². The first kappa shape index (κ1) is 24.5. The number of aromatic amines is 1. The molecule has 1 unspecified atom stereocenters. The second-order valence-corrected chi connectivity index (χ2v) is 9.15. The molecule has 9 heteroatoms. The Labute approximate surface area is 205 Å². The molecule has 9 nitrogen and oxygen atoms in total. The molecule has 0 radical (unpaired) electrons. The number of H-pyrrole nitrogens is 1. The lowest BCUT2D eigenvalue weighted by Crippen LogP contribution is -2.39. The highest BCUT2D eigenvalue weighted by Gasteiger charge is 2.45. The van der Waals surface area contributed by atoms with E-state index in [1.165, 1.54) is 0 Å². The van der Waals surface area contributed by atoms with Crippen LogP contribution in [0.25, 0.3) is 0 Å². The van der Waals surface area contributed by atoms with E-state index >= 15 is 0 Å². The summed E-state index contributed by atoms with van der Waals surface area (Å²) in [7, 11) is 3.25. The summed E-state index contributed by atoms with van der Waals surface area (Å²) in [5.74, 6) is 0.261. The van der Waals surface area contributed by atoms with Crippen LogP contribution in [-0.2, 0) is 18.3 Å². The predicted molar refractivity (Wildman–Crippen MR) is 133 cm³/mol. The number of nitrogens with two attached hydrogens (primary N) is 1. The highest BCUT2D eigenvalue weighted by molar-refractivity contribution is 5.95.